The number of carbonyl (C=O) groups excluding carboxylic acids is 4. The lowest BCUT2D eigenvalue weighted by molar-refractivity contribution is -0.139. The highest BCUT2D eigenvalue weighted by Gasteiger charge is 2.37. The van der Waals surface area contributed by atoms with E-state index in [1.807, 2.05) is 31.2 Å². The fourth-order valence-corrected chi connectivity index (χ4v) is 4.38. The second kappa shape index (κ2) is 11.2. The van der Waals surface area contributed by atoms with E-state index in [4.69, 9.17) is 9.47 Å². The lowest BCUT2D eigenvalue weighted by Crippen LogP contribution is -2.46. The van der Waals surface area contributed by atoms with Crippen molar-refractivity contribution in [2.75, 3.05) is 44.8 Å². The SMILES string of the molecule is Cc1ccccc1NC(=O)COc1ccc(/C=C2\SC(=O)N(CC(=O)N3CCOCC3)C2=O)cc1. The summed E-state index contributed by atoms with van der Waals surface area (Å²) in [7, 11) is 0. The van der Waals surface area contributed by atoms with Crippen LogP contribution in [0.3, 0.4) is 0 Å². The van der Waals surface area contributed by atoms with Crippen LogP contribution in [0.2, 0.25) is 0 Å². The Hall–Kier alpha value is -3.63. The molecule has 2 aromatic rings. The molecule has 0 radical (unpaired) electrons. The number of carbonyl (C=O) groups is 4. The molecule has 0 spiro atoms. The van der Waals surface area contributed by atoms with Gasteiger partial charge in [0.1, 0.15) is 12.3 Å². The van der Waals surface area contributed by atoms with Crippen LogP contribution in [0, 0.1) is 6.92 Å². The molecule has 2 heterocycles. The number of morpholine rings is 1. The van der Waals surface area contributed by atoms with E-state index in [-0.39, 0.29) is 29.9 Å². The quantitative estimate of drug-likeness (QED) is 0.589. The lowest BCUT2D eigenvalue weighted by atomic mass is 10.2. The Morgan fingerprint density at radius 3 is 2.51 bits per heavy atom. The highest BCUT2D eigenvalue weighted by Crippen LogP contribution is 2.32. The lowest BCUT2D eigenvalue weighted by Gasteiger charge is -2.28. The summed E-state index contributed by atoms with van der Waals surface area (Å²) < 4.78 is 10.8. The maximum Gasteiger partial charge on any atom is 0.294 e. The number of hydrogen-bond donors (Lipinski definition) is 1. The van der Waals surface area contributed by atoms with Gasteiger partial charge < -0.3 is 19.7 Å². The van der Waals surface area contributed by atoms with Crippen molar-refractivity contribution in [1.29, 1.82) is 0 Å². The first kappa shape index (κ1) is 24.5. The molecule has 0 saturated carbocycles. The molecule has 10 heteroatoms. The number of nitrogens with one attached hydrogen (secondary N) is 1. The summed E-state index contributed by atoms with van der Waals surface area (Å²) in [6, 6.07) is 14.3. The highest BCUT2D eigenvalue weighted by atomic mass is 32.2. The average molecular weight is 496 g/mol. The zero-order valence-corrected chi connectivity index (χ0v) is 20.0. The van der Waals surface area contributed by atoms with Crippen LogP contribution in [0.15, 0.2) is 53.4 Å². The number of nitrogens with zero attached hydrogens (tertiary/aromatic N) is 2. The summed E-state index contributed by atoms with van der Waals surface area (Å²) in [5, 5.41) is 2.33. The first-order valence-electron chi connectivity index (χ1n) is 11.1. The van der Waals surface area contributed by atoms with Gasteiger partial charge in [0.15, 0.2) is 6.61 Å². The van der Waals surface area contributed by atoms with Gasteiger partial charge >= 0.3 is 0 Å². The van der Waals surface area contributed by atoms with Crippen molar-refractivity contribution in [2.24, 2.45) is 0 Å². The third-order valence-corrected chi connectivity index (χ3v) is 6.41. The summed E-state index contributed by atoms with van der Waals surface area (Å²) in [6.45, 7) is 3.28. The van der Waals surface area contributed by atoms with Crippen LogP contribution in [0.5, 0.6) is 5.75 Å². The maximum atomic E-state index is 12.7. The van der Waals surface area contributed by atoms with Crippen LogP contribution >= 0.6 is 11.8 Å². The number of rotatable bonds is 7. The van der Waals surface area contributed by atoms with Crippen molar-refractivity contribution in [3.05, 3.63) is 64.6 Å². The second-order valence-electron chi connectivity index (χ2n) is 7.98. The first-order valence-corrected chi connectivity index (χ1v) is 11.9. The van der Waals surface area contributed by atoms with Gasteiger partial charge in [-0.3, -0.25) is 24.1 Å². The molecule has 0 unspecified atom stereocenters. The van der Waals surface area contributed by atoms with E-state index in [1.54, 1.807) is 35.2 Å². The van der Waals surface area contributed by atoms with E-state index in [0.717, 1.165) is 27.9 Å². The fraction of sp³-hybridized carbons (Fsp3) is 0.280. The highest BCUT2D eigenvalue weighted by molar-refractivity contribution is 8.18. The van der Waals surface area contributed by atoms with Gasteiger partial charge in [0, 0.05) is 18.8 Å². The van der Waals surface area contributed by atoms with Crippen molar-refractivity contribution >= 4 is 46.5 Å². The topological polar surface area (TPSA) is 105 Å². The Labute approximate surface area is 207 Å². The van der Waals surface area contributed by atoms with Gasteiger partial charge in [0.05, 0.1) is 18.1 Å². The molecule has 2 aromatic carbocycles. The molecule has 2 saturated heterocycles. The molecule has 4 amide bonds. The number of imide groups is 1. The zero-order chi connectivity index (χ0) is 24.8. The molecule has 4 rings (SSSR count). The van der Waals surface area contributed by atoms with Gasteiger partial charge in [-0.2, -0.15) is 0 Å². The molecular weight excluding hydrogens is 470 g/mol. The van der Waals surface area contributed by atoms with Crippen LogP contribution in [0.25, 0.3) is 6.08 Å². The zero-order valence-electron chi connectivity index (χ0n) is 19.2. The van der Waals surface area contributed by atoms with Crippen LogP contribution in [0.1, 0.15) is 11.1 Å². The molecule has 0 aliphatic carbocycles. The summed E-state index contributed by atoms with van der Waals surface area (Å²) in [4.78, 5) is 52.4. The summed E-state index contributed by atoms with van der Waals surface area (Å²) >= 11 is 0.805. The number of aryl methyl sites for hydroxylation is 1. The van der Waals surface area contributed by atoms with E-state index in [0.29, 0.717) is 37.6 Å². The predicted octanol–water partition coefficient (Wildman–Crippen LogP) is 2.91. The Morgan fingerprint density at radius 2 is 1.80 bits per heavy atom. The summed E-state index contributed by atoms with van der Waals surface area (Å²) in [5.41, 5.74) is 2.38. The van der Waals surface area contributed by atoms with Crippen LogP contribution in [-0.4, -0.2) is 72.2 Å². The van der Waals surface area contributed by atoms with Gasteiger partial charge in [0.25, 0.3) is 17.1 Å². The van der Waals surface area contributed by atoms with E-state index >= 15 is 0 Å². The van der Waals surface area contributed by atoms with Crippen molar-refractivity contribution in [1.82, 2.24) is 9.80 Å². The molecule has 2 aliphatic heterocycles. The molecule has 0 aromatic heterocycles. The Kier molecular flexibility index (Phi) is 7.84. The number of para-hydroxylation sites is 1. The first-order chi connectivity index (χ1) is 16.9. The van der Waals surface area contributed by atoms with Crippen LogP contribution < -0.4 is 10.1 Å². The Balaban J connectivity index is 1.31. The molecule has 0 atom stereocenters. The summed E-state index contributed by atoms with van der Waals surface area (Å²) in [6.07, 6.45) is 1.60. The van der Waals surface area contributed by atoms with E-state index in [1.165, 1.54) is 0 Å². The molecule has 35 heavy (non-hydrogen) atoms. The van der Waals surface area contributed by atoms with E-state index in [2.05, 4.69) is 5.32 Å². The van der Waals surface area contributed by atoms with Crippen LogP contribution in [-0.2, 0) is 19.1 Å². The van der Waals surface area contributed by atoms with Gasteiger partial charge in [0.2, 0.25) is 5.91 Å². The number of anilines is 1. The molecule has 1 N–H and O–H groups in total. The largest absolute Gasteiger partial charge is 0.484 e. The van der Waals surface area contributed by atoms with Crippen molar-refractivity contribution < 1.29 is 28.7 Å². The minimum Gasteiger partial charge on any atom is -0.484 e. The standard InChI is InChI=1S/C25H25N3O6S/c1-17-4-2-3-5-20(17)26-22(29)16-34-19-8-6-18(7-9-19)14-21-24(31)28(25(32)35-21)15-23(30)27-10-12-33-13-11-27/h2-9,14H,10-13,15-16H2,1H3,(H,26,29)/b21-14-. The van der Waals surface area contributed by atoms with E-state index < -0.39 is 11.1 Å². The minimum absolute atomic E-state index is 0.149. The summed E-state index contributed by atoms with van der Waals surface area (Å²) in [5.74, 6) is -0.547. The maximum absolute atomic E-state index is 12.7. The van der Waals surface area contributed by atoms with Crippen LogP contribution in [0.4, 0.5) is 10.5 Å². The molecule has 182 valence electrons. The monoisotopic (exact) mass is 495 g/mol. The smallest absolute Gasteiger partial charge is 0.294 e. The third kappa shape index (κ3) is 6.28. The van der Waals surface area contributed by atoms with Gasteiger partial charge in [-0.25, -0.2) is 0 Å². The molecule has 2 aliphatic rings. The second-order valence-corrected chi connectivity index (χ2v) is 8.98. The number of hydrogen-bond acceptors (Lipinski definition) is 7. The number of thioether (sulfide) groups is 1. The van der Waals surface area contributed by atoms with Crippen molar-refractivity contribution in [3.8, 4) is 5.75 Å². The molecular formula is C25H25N3O6S. The molecule has 2 fully saturated rings. The fourth-order valence-electron chi connectivity index (χ4n) is 3.54. The Morgan fingerprint density at radius 1 is 1.09 bits per heavy atom. The number of amides is 4. The van der Waals surface area contributed by atoms with Gasteiger partial charge in [-0.1, -0.05) is 30.3 Å². The number of benzene rings is 2. The molecule has 9 nitrogen and oxygen atoms in total. The van der Waals surface area contributed by atoms with Crippen molar-refractivity contribution in [2.45, 2.75) is 6.92 Å². The van der Waals surface area contributed by atoms with E-state index in [9.17, 15) is 19.2 Å². The molecule has 0 bridgehead atoms. The normalized spacial score (nSPS) is 17.1. The third-order valence-electron chi connectivity index (χ3n) is 5.50. The van der Waals surface area contributed by atoms with Crippen molar-refractivity contribution in [3.63, 3.8) is 0 Å². The minimum atomic E-state index is -0.491. The van der Waals surface area contributed by atoms with Gasteiger partial charge in [-0.15, -0.1) is 0 Å². The predicted molar refractivity (Wildman–Crippen MR) is 132 cm³/mol. The number of ether oxygens (including phenoxy) is 2. The average Bonchev–Trinajstić information content (AvgIpc) is 3.12. The Bertz CT molecular complexity index is 1160. The van der Waals surface area contributed by atoms with Gasteiger partial charge in [-0.05, 0) is 54.1 Å².